The first kappa shape index (κ1) is 13.8. The van der Waals surface area contributed by atoms with Crippen molar-refractivity contribution < 1.29 is 9.53 Å². The van der Waals surface area contributed by atoms with E-state index in [1.54, 1.807) is 23.7 Å². The van der Waals surface area contributed by atoms with Crippen LogP contribution < -0.4 is 5.73 Å². The molecule has 0 saturated carbocycles. The van der Waals surface area contributed by atoms with E-state index in [0.29, 0.717) is 23.7 Å². The van der Waals surface area contributed by atoms with Crippen LogP contribution in [0.1, 0.15) is 15.4 Å². The molecule has 19 heavy (non-hydrogen) atoms. The number of fused-ring (bicyclic) bond motifs is 1. The van der Waals surface area contributed by atoms with Gasteiger partial charge < -0.3 is 15.4 Å². The van der Waals surface area contributed by atoms with E-state index in [4.69, 9.17) is 10.5 Å². The summed E-state index contributed by atoms with van der Waals surface area (Å²) in [7, 11) is 5.21. The number of carbonyl (C=O) groups excluding carboxylic acids is 1. The van der Waals surface area contributed by atoms with Crippen LogP contribution in [0, 0.1) is 6.92 Å². The minimum Gasteiger partial charge on any atom is -0.397 e. The Balaban J connectivity index is 2.38. The molecule has 1 amide bonds. The van der Waals surface area contributed by atoms with Crippen LogP contribution in [0.2, 0.25) is 0 Å². The van der Waals surface area contributed by atoms with Gasteiger partial charge in [0.2, 0.25) is 0 Å². The monoisotopic (exact) mass is 282 g/mol. The summed E-state index contributed by atoms with van der Waals surface area (Å²) in [5, 5.41) is 5.19. The van der Waals surface area contributed by atoms with Gasteiger partial charge in [-0.05, 0) is 6.92 Å². The number of carbonyl (C=O) groups is 1. The molecule has 2 rings (SSSR count). The van der Waals surface area contributed by atoms with Crippen molar-refractivity contribution in [3.8, 4) is 0 Å². The van der Waals surface area contributed by atoms with E-state index in [1.807, 2.05) is 14.0 Å². The van der Waals surface area contributed by atoms with Crippen molar-refractivity contribution in [2.45, 2.75) is 6.92 Å². The lowest BCUT2D eigenvalue weighted by Crippen LogP contribution is -2.29. The Morgan fingerprint density at radius 2 is 2.26 bits per heavy atom. The largest absolute Gasteiger partial charge is 0.397 e. The van der Waals surface area contributed by atoms with Crippen molar-refractivity contribution in [1.82, 2.24) is 14.7 Å². The maximum atomic E-state index is 12.3. The van der Waals surface area contributed by atoms with Crippen LogP contribution in [0.4, 0.5) is 5.69 Å². The van der Waals surface area contributed by atoms with E-state index >= 15 is 0 Å². The predicted octanol–water partition coefficient (Wildman–Crippen LogP) is 1.24. The zero-order valence-electron chi connectivity index (χ0n) is 11.6. The van der Waals surface area contributed by atoms with E-state index in [1.165, 1.54) is 11.3 Å². The van der Waals surface area contributed by atoms with Gasteiger partial charge in [-0.15, -0.1) is 11.3 Å². The van der Waals surface area contributed by atoms with E-state index in [2.05, 4.69) is 5.10 Å². The third-order valence-corrected chi connectivity index (χ3v) is 4.31. The Morgan fingerprint density at radius 1 is 1.58 bits per heavy atom. The number of nitrogen functional groups attached to an aromatic ring is 1. The maximum Gasteiger partial charge on any atom is 0.265 e. The van der Waals surface area contributed by atoms with Gasteiger partial charge in [0.05, 0.1) is 23.4 Å². The highest BCUT2D eigenvalue weighted by molar-refractivity contribution is 7.21. The molecule has 2 heterocycles. The van der Waals surface area contributed by atoms with E-state index in [0.717, 1.165) is 15.9 Å². The maximum absolute atomic E-state index is 12.3. The van der Waals surface area contributed by atoms with Crippen molar-refractivity contribution >= 4 is 33.1 Å². The number of aromatic nitrogens is 2. The van der Waals surface area contributed by atoms with Crippen molar-refractivity contribution in [2.24, 2.45) is 7.05 Å². The Morgan fingerprint density at radius 3 is 2.84 bits per heavy atom. The molecule has 2 N–H and O–H groups in total. The Hall–Kier alpha value is -1.60. The fourth-order valence-corrected chi connectivity index (χ4v) is 3.17. The third kappa shape index (κ3) is 2.31. The van der Waals surface area contributed by atoms with Crippen molar-refractivity contribution in [1.29, 1.82) is 0 Å². The molecular weight excluding hydrogens is 264 g/mol. The number of hydrogen-bond acceptors (Lipinski definition) is 5. The smallest absolute Gasteiger partial charge is 0.265 e. The molecule has 0 spiro atoms. The van der Waals surface area contributed by atoms with Crippen LogP contribution in [-0.2, 0) is 11.8 Å². The summed E-state index contributed by atoms with van der Waals surface area (Å²) in [6.45, 7) is 2.95. The quantitative estimate of drug-likeness (QED) is 0.915. The summed E-state index contributed by atoms with van der Waals surface area (Å²) >= 11 is 1.38. The minimum absolute atomic E-state index is 0.0739. The number of rotatable bonds is 4. The number of thiophene rings is 1. The molecule has 0 saturated heterocycles. The topological polar surface area (TPSA) is 73.4 Å². The molecule has 0 radical (unpaired) electrons. The number of anilines is 1. The Bertz CT molecular complexity index is 617. The average molecular weight is 282 g/mol. The number of methoxy groups -OCH3 is 1. The summed E-state index contributed by atoms with van der Waals surface area (Å²) in [5.41, 5.74) is 7.48. The van der Waals surface area contributed by atoms with E-state index < -0.39 is 0 Å². The lowest BCUT2D eigenvalue weighted by atomic mass is 10.2. The first-order valence-corrected chi connectivity index (χ1v) is 6.75. The van der Waals surface area contributed by atoms with Crippen LogP contribution in [0.3, 0.4) is 0 Å². The first-order chi connectivity index (χ1) is 8.97. The molecule has 0 aromatic carbocycles. The molecule has 0 aliphatic heterocycles. The number of likely N-dealkylation sites (N-methyl/N-ethyl adjacent to an activating group) is 1. The van der Waals surface area contributed by atoms with Crippen LogP contribution >= 0.6 is 11.3 Å². The predicted molar refractivity (Wildman–Crippen MR) is 76.6 cm³/mol. The van der Waals surface area contributed by atoms with E-state index in [9.17, 15) is 4.79 Å². The van der Waals surface area contributed by atoms with Gasteiger partial charge >= 0.3 is 0 Å². The highest BCUT2D eigenvalue weighted by atomic mass is 32.1. The summed E-state index contributed by atoms with van der Waals surface area (Å²) in [6, 6.07) is 0. The molecule has 0 fully saturated rings. The normalized spacial score (nSPS) is 11.2. The van der Waals surface area contributed by atoms with Crippen molar-refractivity contribution in [3.63, 3.8) is 0 Å². The summed E-state index contributed by atoms with van der Waals surface area (Å²) in [5.74, 6) is -0.0739. The van der Waals surface area contributed by atoms with Crippen LogP contribution in [-0.4, -0.2) is 47.9 Å². The molecule has 0 aliphatic rings. The molecular formula is C12H18N4O2S. The van der Waals surface area contributed by atoms with Gasteiger partial charge in [0.25, 0.3) is 5.91 Å². The minimum atomic E-state index is -0.0739. The standard InChI is InChI=1S/C12H18N4O2S/c1-7-8-9(13)10(19-12(8)16(3)14-7)11(17)15(2)5-6-18-4/h5-6,13H2,1-4H3. The summed E-state index contributed by atoms with van der Waals surface area (Å²) in [6.07, 6.45) is 0. The Kier molecular flexibility index (Phi) is 3.77. The lowest BCUT2D eigenvalue weighted by Gasteiger charge is -2.15. The van der Waals surface area contributed by atoms with E-state index in [-0.39, 0.29) is 5.91 Å². The van der Waals surface area contributed by atoms with Gasteiger partial charge in [-0.25, -0.2) is 0 Å². The van der Waals surface area contributed by atoms with Crippen LogP contribution in [0.5, 0.6) is 0 Å². The van der Waals surface area contributed by atoms with Gasteiger partial charge in [-0.3, -0.25) is 9.48 Å². The molecule has 0 bridgehead atoms. The second-order valence-electron chi connectivity index (χ2n) is 4.45. The van der Waals surface area contributed by atoms with Crippen LogP contribution in [0.25, 0.3) is 10.2 Å². The summed E-state index contributed by atoms with van der Waals surface area (Å²) < 4.78 is 6.74. The molecule has 0 unspecified atom stereocenters. The van der Waals surface area contributed by atoms with Gasteiger partial charge in [0, 0.05) is 27.7 Å². The van der Waals surface area contributed by atoms with Gasteiger partial charge in [0.15, 0.2) is 0 Å². The highest BCUT2D eigenvalue weighted by Gasteiger charge is 2.22. The van der Waals surface area contributed by atoms with Gasteiger partial charge in [-0.1, -0.05) is 0 Å². The molecule has 0 atom stereocenters. The van der Waals surface area contributed by atoms with Gasteiger partial charge in [-0.2, -0.15) is 5.10 Å². The highest BCUT2D eigenvalue weighted by Crippen LogP contribution is 2.35. The molecule has 7 heteroatoms. The fraction of sp³-hybridized carbons (Fsp3) is 0.500. The second kappa shape index (κ2) is 5.18. The zero-order chi connectivity index (χ0) is 14.2. The summed E-state index contributed by atoms with van der Waals surface area (Å²) in [4.78, 5) is 15.5. The molecule has 6 nitrogen and oxygen atoms in total. The molecule has 2 aromatic heterocycles. The fourth-order valence-electron chi connectivity index (χ4n) is 1.99. The Labute approximate surface area is 115 Å². The second-order valence-corrected chi connectivity index (χ2v) is 5.45. The lowest BCUT2D eigenvalue weighted by molar-refractivity contribution is 0.0750. The molecule has 104 valence electrons. The average Bonchev–Trinajstić information content (AvgIpc) is 2.85. The van der Waals surface area contributed by atoms with Crippen molar-refractivity contribution in [3.05, 3.63) is 10.6 Å². The first-order valence-electron chi connectivity index (χ1n) is 5.93. The molecule has 0 aliphatic carbocycles. The number of nitrogens with zero attached hydrogens (tertiary/aromatic N) is 3. The van der Waals surface area contributed by atoms with Crippen LogP contribution in [0.15, 0.2) is 0 Å². The third-order valence-electron chi connectivity index (χ3n) is 3.05. The number of hydrogen-bond donors (Lipinski definition) is 1. The number of amides is 1. The number of ether oxygens (including phenoxy) is 1. The number of nitrogens with two attached hydrogens (primary N) is 1. The SMILES string of the molecule is COCCN(C)C(=O)c1sc2c(c(C)nn2C)c1N. The van der Waals surface area contributed by atoms with Crippen molar-refractivity contribution in [2.75, 3.05) is 33.0 Å². The number of aryl methyl sites for hydroxylation is 2. The molecule has 2 aromatic rings. The zero-order valence-corrected chi connectivity index (χ0v) is 12.4. The van der Waals surface area contributed by atoms with Gasteiger partial charge in [0.1, 0.15) is 9.71 Å².